The minimum atomic E-state index is 0.135. The van der Waals surface area contributed by atoms with Crippen molar-refractivity contribution in [3.63, 3.8) is 0 Å². The maximum absolute atomic E-state index is 9.26. The van der Waals surface area contributed by atoms with Crippen molar-refractivity contribution in [2.75, 3.05) is 13.2 Å². The first kappa shape index (κ1) is 13.7. The van der Waals surface area contributed by atoms with Crippen molar-refractivity contribution in [1.29, 1.82) is 0 Å². The maximum atomic E-state index is 9.26. The third-order valence-electron chi connectivity index (χ3n) is 3.00. The van der Waals surface area contributed by atoms with Crippen LogP contribution >= 0.6 is 11.3 Å². The Kier molecular flexibility index (Phi) is 4.96. The molecule has 16 heavy (non-hydrogen) atoms. The number of hydrogen-bond acceptors (Lipinski definition) is 3. The van der Waals surface area contributed by atoms with Crippen LogP contribution in [0.5, 0.6) is 0 Å². The van der Waals surface area contributed by atoms with Crippen LogP contribution in [0, 0.1) is 5.92 Å². The topological polar surface area (TPSA) is 32.3 Å². The summed E-state index contributed by atoms with van der Waals surface area (Å²) in [5.41, 5.74) is 0.135. The Morgan fingerprint density at radius 3 is 2.56 bits per heavy atom. The van der Waals surface area contributed by atoms with Gasteiger partial charge in [0.25, 0.3) is 0 Å². The lowest BCUT2D eigenvalue weighted by Gasteiger charge is -2.28. The molecule has 1 unspecified atom stereocenters. The van der Waals surface area contributed by atoms with E-state index in [-0.39, 0.29) is 18.1 Å². The van der Waals surface area contributed by atoms with Crippen molar-refractivity contribution in [3.8, 4) is 0 Å². The Morgan fingerprint density at radius 2 is 2.12 bits per heavy atom. The summed E-state index contributed by atoms with van der Waals surface area (Å²) < 4.78 is 0. The van der Waals surface area contributed by atoms with E-state index in [4.69, 9.17) is 0 Å². The van der Waals surface area contributed by atoms with Gasteiger partial charge in [-0.1, -0.05) is 33.8 Å². The monoisotopic (exact) mass is 241 g/mol. The minimum Gasteiger partial charge on any atom is -0.395 e. The first-order chi connectivity index (χ1) is 7.47. The second-order valence-electron chi connectivity index (χ2n) is 5.28. The van der Waals surface area contributed by atoms with Gasteiger partial charge in [-0.25, -0.2) is 0 Å². The first-order valence-electron chi connectivity index (χ1n) is 5.85. The summed E-state index contributed by atoms with van der Waals surface area (Å²) in [6.45, 7) is 9.84. The molecule has 0 radical (unpaired) electrons. The number of rotatable bonds is 6. The first-order valence-corrected chi connectivity index (χ1v) is 6.73. The molecule has 1 atom stereocenters. The number of aliphatic hydroxyl groups is 1. The molecule has 1 aromatic rings. The van der Waals surface area contributed by atoms with Crippen LogP contribution in [0.2, 0.25) is 0 Å². The number of nitrogens with one attached hydrogen (secondary N) is 1. The lowest BCUT2D eigenvalue weighted by molar-refractivity contribution is 0.204. The molecule has 0 amide bonds. The maximum Gasteiger partial charge on any atom is 0.0587 e. The van der Waals surface area contributed by atoms with E-state index < -0.39 is 0 Å². The quantitative estimate of drug-likeness (QED) is 0.802. The highest BCUT2D eigenvalue weighted by atomic mass is 32.1. The van der Waals surface area contributed by atoms with Gasteiger partial charge in [-0.05, 0) is 17.4 Å². The molecule has 0 fully saturated rings. The smallest absolute Gasteiger partial charge is 0.0587 e. The van der Waals surface area contributed by atoms with Gasteiger partial charge in [0.1, 0.15) is 0 Å². The molecule has 0 saturated heterocycles. The van der Waals surface area contributed by atoms with Gasteiger partial charge < -0.3 is 10.4 Å². The molecule has 1 heterocycles. The van der Waals surface area contributed by atoms with Crippen LogP contribution in [0.3, 0.4) is 0 Å². The van der Waals surface area contributed by atoms with E-state index in [2.05, 4.69) is 50.5 Å². The van der Waals surface area contributed by atoms with Crippen molar-refractivity contribution in [2.45, 2.75) is 39.2 Å². The second kappa shape index (κ2) is 5.80. The summed E-state index contributed by atoms with van der Waals surface area (Å²) in [5.74, 6) is 0.462. The van der Waals surface area contributed by atoms with E-state index in [0.717, 1.165) is 6.54 Å². The molecule has 0 aliphatic rings. The molecule has 2 N–H and O–H groups in total. The average molecular weight is 241 g/mol. The van der Waals surface area contributed by atoms with Gasteiger partial charge in [-0.15, -0.1) is 11.3 Å². The summed E-state index contributed by atoms with van der Waals surface area (Å²) in [4.78, 5) is 1.39. The third kappa shape index (κ3) is 3.58. The molecule has 1 rings (SSSR count). The van der Waals surface area contributed by atoms with Crippen LogP contribution in [0.1, 0.15) is 32.6 Å². The predicted octanol–water partition coefficient (Wildman–Crippen LogP) is 2.63. The van der Waals surface area contributed by atoms with Crippen LogP contribution in [-0.4, -0.2) is 24.3 Å². The van der Waals surface area contributed by atoms with Gasteiger partial charge in [0.05, 0.1) is 6.61 Å². The fourth-order valence-corrected chi connectivity index (χ4v) is 2.50. The van der Waals surface area contributed by atoms with Crippen molar-refractivity contribution in [1.82, 2.24) is 5.32 Å². The fraction of sp³-hybridized carbons (Fsp3) is 0.692. The lowest BCUT2D eigenvalue weighted by Crippen LogP contribution is -2.43. The van der Waals surface area contributed by atoms with Crippen LogP contribution in [-0.2, 0) is 5.41 Å². The van der Waals surface area contributed by atoms with Gasteiger partial charge in [-0.3, -0.25) is 0 Å². The summed E-state index contributed by atoms with van der Waals surface area (Å²) >= 11 is 1.80. The Balaban J connectivity index is 2.54. The van der Waals surface area contributed by atoms with Crippen molar-refractivity contribution in [3.05, 3.63) is 22.4 Å². The SMILES string of the molecule is CC(C)C(CO)NCC(C)(C)c1cccs1. The van der Waals surface area contributed by atoms with Gasteiger partial charge in [0.15, 0.2) is 0 Å². The second-order valence-corrected chi connectivity index (χ2v) is 6.22. The van der Waals surface area contributed by atoms with Crippen LogP contribution in [0.25, 0.3) is 0 Å². The molecule has 0 spiro atoms. The van der Waals surface area contributed by atoms with E-state index in [1.165, 1.54) is 4.88 Å². The summed E-state index contributed by atoms with van der Waals surface area (Å²) in [6.07, 6.45) is 0. The molecule has 0 aliphatic carbocycles. The minimum absolute atomic E-state index is 0.135. The molecule has 0 aliphatic heterocycles. The normalized spacial score (nSPS) is 14.4. The number of aliphatic hydroxyl groups excluding tert-OH is 1. The molecule has 0 bridgehead atoms. The van der Waals surface area contributed by atoms with Crippen molar-refractivity contribution in [2.24, 2.45) is 5.92 Å². The Morgan fingerprint density at radius 1 is 1.44 bits per heavy atom. The molecular weight excluding hydrogens is 218 g/mol. The zero-order valence-corrected chi connectivity index (χ0v) is 11.5. The summed E-state index contributed by atoms with van der Waals surface area (Å²) in [5, 5.41) is 14.8. The molecule has 0 saturated carbocycles. The van der Waals surface area contributed by atoms with E-state index in [1.54, 1.807) is 11.3 Å². The largest absolute Gasteiger partial charge is 0.395 e. The predicted molar refractivity (Wildman–Crippen MR) is 71.1 cm³/mol. The number of hydrogen-bond donors (Lipinski definition) is 2. The van der Waals surface area contributed by atoms with Crippen LogP contribution < -0.4 is 5.32 Å². The molecular formula is C13H23NOS. The van der Waals surface area contributed by atoms with Crippen molar-refractivity contribution >= 4 is 11.3 Å². The van der Waals surface area contributed by atoms with Crippen LogP contribution in [0.15, 0.2) is 17.5 Å². The molecule has 3 heteroatoms. The lowest BCUT2D eigenvalue weighted by atomic mass is 9.90. The van der Waals surface area contributed by atoms with Gasteiger partial charge >= 0.3 is 0 Å². The Bertz CT molecular complexity index is 293. The number of thiophene rings is 1. The molecule has 92 valence electrons. The Hall–Kier alpha value is -0.380. The highest BCUT2D eigenvalue weighted by Crippen LogP contribution is 2.26. The van der Waals surface area contributed by atoms with Gasteiger partial charge in [-0.2, -0.15) is 0 Å². The summed E-state index contributed by atoms with van der Waals surface area (Å²) in [6, 6.07) is 4.46. The standard InChI is InChI=1S/C13H23NOS/c1-10(2)11(8-15)14-9-13(3,4)12-6-5-7-16-12/h5-7,10-11,14-15H,8-9H2,1-4H3. The third-order valence-corrected chi connectivity index (χ3v) is 4.23. The van der Waals surface area contributed by atoms with E-state index >= 15 is 0 Å². The summed E-state index contributed by atoms with van der Waals surface area (Å²) in [7, 11) is 0. The van der Waals surface area contributed by atoms with Crippen molar-refractivity contribution < 1.29 is 5.11 Å². The van der Waals surface area contributed by atoms with Gasteiger partial charge in [0.2, 0.25) is 0 Å². The van der Waals surface area contributed by atoms with E-state index in [9.17, 15) is 5.11 Å². The average Bonchev–Trinajstić information content (AvgIpc) is 2.71. The van der Waals surface area contributed by atoms with E-state index in [0.29, 0.717) is 5.92 Å². The molecule has 2 nitrogen and oxygen atoms in total. The van der Waals surface area contributed by atoms with Gasteiger partial charge in [0, 0.05) is 22.9 Å². The zero-order valence-electron chi connectivity index (χ0n) is 10.7. The van der Waals surface area contributed by atoms with Crippen LogP contribution in [0.4, 0.5) is 0 Å². The Labute approximate surface area is 103 Å². The van der Waals surface area contributed by atoms with E-state index in [1.807, 2.05) is 0 Å². The molecule has 0 aromatic carbocycles. The fourth-order valence-electron chi connectivity index (χ4n) is 1.65. The highest BCUT2D eigenvalue weighted by Gasteiger charge is 2.23. The zero-order chi connectivity index (χ0) is 12.2. The highest BCUT2D eigenvalue weighted by molar-refractivity contribution is 7.10. The molecule has 1 aromatic heterocycles.